The summed E-state index contributed by atoms with van der Waals surface area (Å²) in [5, 5.41) is 3.31. The molecule has 1 heterocycles. The van der Waals surface area contributed by atoms with E-state index in [2.05, 4.69) is 17.1 Å². The maximum atomic E-state index is 11.7. The lowest BCUT2D eigenvalue weighted by Crippen LogP contribution is -2.47. The number of hydrogen-bond donors (Lipinski definition) is 1. The van der Waals surface area contributed by atoms with Gasteiger partial charge in [0, 0.05) is 33.7 Å². The molecule has 1 N–H and O–H groups in total. The maximum Gasteiger partial charge on any atom is 0.236 e. The van der Waals surface area contributed by atoms with E-state index < -0.39 is 0 Å². The minimum Gasteiger partial charge on any atom is -0.374 e. The molecule has 100 valence electrons. The van der Waals surface area contributed by atoms with Gasteiger partial charge < -0.3 is 15.0 Å². The molecule has 1 atom stereocenters. The van der Waals surface area contributed by atoms with Crippen molar-refractivity contribution in [2.24, 2.45) is 0 Å². The van der Waals surface area contributed by atoms with Gasteiger partial charge in [0.2, 0.25) is 5.91 Å². The molecule has 1 aliphatic heterocycles. The van der Waals surface area contributed by atoms with E-state index in [9.17, 15) is 4.79 Å². The van der Waals surface area contributed by atoms with Gasteiger partial charge in [-0.1, -0.05) is 6.92 Å². The maximum absolute atomic E-state index is 11.7. The zero-order valence-corrected chi connectivity index (χ0v) is 11.2. The molecule has 0 bridgehead atoms. The molecule has 0 aromatic heterocycles. The molecule has 0 radical (unpaired) electrons. The molecule has 0 spiro atoms. The molecule has 17 heavy (non-hydrogen) atoms. The molecule has 5 heteroatoms. The SMILES string of the molecule is CCCN(CC(=O)N(C)C)CC1CNCCO1. The van der Waals surface area contributed by atoms with Crippen LogP contribution in [0.5, 0.6) is 0 Å². The van der Waals surface area contributed by atoms with E-state index >= 15 is 0 Å². The number of rotatable bonds is 6. The largest absolute Gasteiger partial charge is 0.374 e. The van der Waals surface area contributed by atoms with Crippen molar-refractivity contribution in [2.75, 3.05) is 53.4 Å². The zero-order chi connectivity index (χ0) is 12.7. The fourth-order valence-corrected chi connectivity index (χ4v) is 1.91. The van der Waals surface area contributed by atoms with Crippen LogP contribution in [0.4, 0.5) is 0 Å². The summed E-state index contributed by atoms with van der Waals surface area (Å²) < 4.78 is 5.67. The third kappa shape index (κ3) is 5.48. The number of nitrogens with one attached hydrogen (secondary N) is 1. The van der Waals surface area contributed by atoms with Crippen molar-refractivity contribution in [1.82, 2.24) is 15.1 Å². The highest BCUT2D eigenvalue weighted by atomic mass is 16.5. The lowest BCUT2D eigenvalue weighted by atomic mass is 10.2. The Morgan fingerprint density at radius 1 is 1.47 bits per heavy atom. The predicted octanol–water partition coefficient (Wildman–Crippen LogP) is -0.225. The monoisotopic (exact) mass is 243 g/mol. The van der Waals surface area contributed by atoms with Crippen molar-refractivity contribution in [3.8, 4) is 0 Å². The highest BCUT2D eigenvalue weighted by Gasteiger charge is 2.19. The standard InChI is InChI=1S/C12H25N3O2/c1-4-6-15(10-12(16)14(2)3)9-11-8-13-5-7-17-11/h11,13H,4-10H2,1-3H3. The molecular formula is C12H25N3O2. The van der Waals surface area contributed by atoms with Crippen LogP contribution in [0.2, 0.25) is 0 Å². The number of amides is 1. The first kappa shape index (κ1) is 14.4. The van der Waals surface area contributed by atoms with E-state index in [4.69, 9.17) is 4.74 Å². The van der Waals surface area contributed by atoms with Crippen LogP contribution in [-0.2, 0) is 9.53 Å². The molecule has 0 aromatic carbocycles. The Kier molecular flexibility index (Phi) is 6.47. The highest BCUT2D eigenvalue weighted by molar-refractivity contribution is 5.77. The Morgan fingerprint density at radius 2 is 2.24 bits per heavy atom. The molecule has 1 amide bonds. The van der Waals surface area contributed by atoms with E-state index in [0.717, 1.165) is 39.2 Å². The second-order valence-electron chi connectivity index (χ2n) is 4.72. The minimum atomic E-state index is 0.155. The van der Waals surface area contributed by atoms with E-state index in [1.807, 2.05) is 0 Å². The molecule has 1 unspecified atom stereocenters. The molecule has 0 aliphatic carbocycles. The third-order valence-corrected chi connectivity index (χ3v) is 2.86. The fraction of sp³-hybridized carbons (Fsp3) is 0.917. The van der Waals surface area contributed by atoms with Crippen LogP contribution in [0.15, 0.2) is 0 Å². The van der Waals surface area contributed by atoms with Crippen molar-refractivity contribution in [2.45, 2.75) is 19.4 Å². The smallest absolute Gasteiger partial charge is 0.236 e. The first-order valence-electron chi connectivity index (χ1n) is 6.38. The summed E-state index contributed by atoms with van der Waals surface area (Å²) in [7, 11) is 3.59. The van der Waals surface area contributed by atoms with Crippen LogP contribution in [-0.4, -0.2) is 75.2 Å². The predicted molar refractivity (Wildman–Crippen MR) is 68.0 cm³/mol. The van der Waals surface area contributed by atoms with Gasteiger partial charge in [-0.2, -0.15) is 0 Å². The summed E-state index contributed by atoms with van der Waals surface area (Å²) in [5.74, 6) is 0.155. The van der Waals surface area contributed by atoms with Gasteiger partial charge in [-0.15, -0.1) is 0 Å². The van der Waals surface area contributed by atoms with E-state index in [1.165, 1.54) is 0 Å². The number of ether oxygens (including phenoxy) is 1. The Morgan fingerprint density at radius 3 is 2.76 bits per heavy atom. The normalized spacial score (nSPS) is 20.6. The first-order chi connectivity index (χ1) is 8.13. The average molecular weight is 243 g/mol. The van der Waals surface area contributed by atoms with Gasteiger partial charge in [0.05, 0.1) is 19.3 Å². The number of likely N-dealkylation sites (N-methyl/N-ethyl adjacent to an activating group) is 1. The van der Waals surface area contributed by atoms with Gasteiger partial charge in [-0.3, -0.25) is 9.69 Å². The lowest BCUT2D eigenvalue weighted by molar-refractivity contribution is -0.130. The number of hydrogen-bond acceptors (Lipinski definition) is 4. The fourth-order valence-electron chi connectivity index (χ4n) is 1.91. The molecule has 0 aromatic rings. The molecule has 1 saturated heterocycles. The van der Waals surface area contributed by atoms with Gasteiger partial charge >= 0.3 is 0 Å². The van der Waals surface area contributed by atoms with Crippen LogP contribution in [0, 0.1) is 0 Å². The van der Waals surface area contributed by atoms with E-state index in [-0.39, 0.29) is 12.0 Å². The van der Waals surface area contributed by atoms with Crippen LogP contribution >= 0.6 is 0 Å². The van der Waals surface area contributed by atoms with Gasteiger partial charge in [-0.05, 0) is 13.0 Å². The topological polar surface area (TPSA) is 44.8 Å². The van der Waals surface area contributed by atoms with E-state index in [1.54, 1.807) is 19.0 Å². The zero-order valence-electron chi connectivity index (χ0n) is 11.2. The summed E-state index contributed by atoms with van der Waals surface area (Å²) in [6.07, 6.45) is 1.27. The summed E-state index contributed by atoms with van der Waals surface area (Å²) in [6, 6.07) is 0. The second kappa shape index (κ2) is 7.63. The summed E-state index contributed by atoms with van der Waals surface area (Å²) in [4.78, 5) is 15.5. The number of morpholine rings is 1. The van der Waals surface area contributed by atoms with Crippen molar-refractivity contribution >= 4 is 5.91 Å². The molecule has 1 rings (SSSR count). The van der Waals surface area contributed by atoms with Crippen molar-refractivity contribution in [1.29, 1.82) is 0 Å². The van der Waals surface area contributed by atoms with Crippen molar-refractivity contribution < 1.29 is 9.53 Å². The van der Waals surface area contributed by atoms with Gasteiger partial charge in [0.25, 0.3) is 0 Å². The Hall–Kier alpha value is -0.650. The molecule has 5 nitrogen and oxygen atoms in total. The molecular weight excluding hydrogens is 218 g/mol. The Bertz CT molecular complexity index is 228. The summed E-state index contributed by atoms with van der Waals surface area (Å²) >= 11 is 0. The van der Waals surface area contributed by atoms with Gasteiger partial charge in [0.15, 0.2) is 0 Å². The molecule has 1 aliphatic rings. The van der Waals surface area contributed by atoms with Crippen molar-refractivity contribution in [3.63, 3.8) is 0 Å². The van der Waals surface area contributed by atoms with Gasteiger partial charge in [-0.25, -0.2) is 0 Å². The Labute approximate surface area is 104 Å². The summed E-state index contributed by atoms with van der Waals surface area (Å²) in [6.45, 7) is 6.98. The first-order valence-corrected chi connectivity index (χ1v) is 6.38. The van der Waals surface area contributed by atoms with Crippen LogP contribution in [0.25, 0.3) is 0 Å². The molecule has 0 saturated carbocycles. The quantitative estimate of drug-likeness (QED) is 0.700. The number of carbonyl (C=O) groups is 1. The third-order valence-electron chi connectivity index (χ3n) is 2.86. The number of nitrogens with zero attached hydrogens (tertiary/aromatic N) is 2. The minimum absolute atomic E-state index is 0.155. The second-order valence-corrected chi connectivity index (χ2v) is 4.72. The van der Waals surface area contributed by atoms with Crippen molar-refractivity contribution in [3.05, 3.63) is 0 Å². The van der Waals surface area contributed by atoms with Crippen LogP contribution in [0.3, 0.4) is 0 Å². The van der Waals surface area contributed by atoms with Gasteiger partial charge in [0.1, 0.15) is 0 Å². The molecule has 1 fully saturated rings. The Balaban J connectivity index is 2.38. The highest BCUT2D eigenvalue weighted by Crippen LogP contribution is 2.02. The number of carbonyl (C=O) groups excluding carboxylic acids is 1. The lowest BCUT2D eigenvalue weighted by Gasteiger charge is -2.30. The summed E-state index contributed by atoms with van der Waals surface area (Å²) in [5.41, 5.74) is 0. The average Bonchev–Trinajstić information content (AvgIpc) is 2.30. The van der Waals surface area contributed by atoms with Crippen LogP contribution in [0.1, 0.15) is 13.3 Å². The van der Waals surface area contributed by atoms with Crippen LogP contribution < -0.4 is 5.32 Å². The van der Waals surface area contributed by atoms with E-state index in [0.29, 0.717) is 6.54 Å².